The molecule has 0 bridgehead atoms. The zero-order chi connectivity index (χ0) is 21.8. The minimum Gasteiger partial charge on any atom is -0.485 e. The van der Waals surface area contributed by atoms with Crippen molar-refractivity contribution in [1.29, 1.82) is 0 Å². The number of aryl methyl sites for hydroxylation is 1. The van der Waals surface area contributed by atoms with Crippen molar-refractivity contribution in [2.75, 3.05) is 5.32 Å². The summed E-state index contributed by atoms with van der Waals surface area (Å²) in [5, 5.41) is 3.22. The number of fused-ring (bicyclic) bond motifs is 1. The van der Waals surface area contributed by atoms with Crippen LogP contribution in [-0.2, 0) is 11.4 Å². The largest absolute Gasteiger partial charge is 0.485 e. The van der Waals surface area contributed by atoms with E-state index in [0.717, 1.165) is 10.1 Å². The molecule has 0 radical (unpaired) electrons. The van der Waals surface area contributed by atoms with E-state index < -0.39 is 0 Å². The van der Waals surface area contributed by atoms with Gasteiger partial charge in [0.1, 0.15) is 18.1 Å². The van der Waals surface area contributed by atoms with Crippen molar-refractivity contribution in [3.8, 4) is 5.75 Å². The van der Waals surface area contributed by atoms with Crippen molar-refractivity contribution < 1.29 is 14.1 Å². The topological polar surface area (TPSA) is 85.8 Å². The van der Waals surface area contributed by atoms with Crippen molar-refractivity contribution in [3.63, 3.8) is 0 Å². The summed E-state index contributed by atoms with van der Waals surface area (Å²) in [5.41, 5.74) is 1.83. The molecular weight excluding hydrogens is 418 g/mol. The van der Waals surface area contributed by atoms with Gasteiger partial charge in [-0.1, -0.05) is 41.9 Å². The fourth-order valence-corrected chi connectivity index (χ4v) is 3.09. The minimum absolute atomic E-state index is 0.0129. The standard InChI is InChI=1S/C23H18ClN3O4/c1-15-11-21-25-18(13-23(29)27(21)31-15)14-30-20-12-17(24)8-9-19(20)26-22(28)10-7-16-5-3-2-4-6-16/h2-13H,14H2,1H3,(H,26,28)/b10-7+. The Labute approximate surface area is 182 Å². The van der Waals surface area contributed by atoms with Gasteiger partial charge in [-0.3, -0.25) is 9.59 Å². The highest BCUT2D eigenvalue weighted by atomic mass is 35.5. The zero-order valence-electron chi connectivity index (χ0n) is 16.5. The van der Waals surface area contributed by atoms with Gasteiger partial charge in [0.2, 0.25) is 5.91 Å². The number of carbonyl (C=O) groups is 1. The minimum atomic E-state index is -0.345. The Morgan fingerprint density at radius 1 is 1.19 bits per heavy atom. The summed E-state index contributed by atoms with van der Waals surface area (Å²) < 4.78 is 12.2. The lowest BCUT2D eigenvalue weighted by Gasteiger charge is -2.12. The van der Waals surface area contributed by atoms with E-state index in [1.807, 2.05) is 30.3 Å². The Bertz CT molecular complexity index is 1330. The number of ether oxygens (including phenoxy) is 1. The molecule has 4 rings (SSSR count). The average molecular weight is 436 g/mol. The second kappa shape index (κ2) is 8.89. The molecule has 0 saturated carbocycles. The normalized spacial score (nSPS) is 11.2. The Morgan fingerprint density at radius 2 is 2.00 bits per heavy atom. The van der Waals surface area contributed by atoms with Crippen LogP contribution in [-0.4, -0.2) is 15.5 Å². The van der Waals surface area contributed by atoms with Crippen LogP contribution >= 0.6 is 11.6 Å². The summed E-state index contributed by atoms with van der Waals surface area (Å²) in [6.45, 7) is 1.75. The molecular formula is C23H18ClN3O4. The molecule has 2 heterocycles. The number of benzene rings is 2. The number of nitrogens with one attached hydrogen (secondary N) is 1. The second-order valence-corrected chi connectivity index (χ2v) is 7.18. The van der Waals surface area contributed by atoms with Gasteiger partial charge in [-0.15, -0.1) is 4.57 Å². The molecule has 0 fully saturated rings. The third-order valence-electron chi connectivity index (χ3n) is 4.33. The zero-order valence-corrected chi connectivity index (χ0v) is 17.3. The van der Waals surface area contributed by atoms with Crippen molar-refractivity contribution in [3.05, 3.63) is 99.1 Å². The van der Waals surface area contributed by atoms with Gasteiger partial charge in [-0.25, -0.2) is 4.98 Å². The Hall–Kier alpha value is -3.84. The van der Waals surface area contributed by atoms with E-state index in [4.69, 9.17) is 20.9 Å². The maximum absolute atomic E-state index is 12.3. The number of hydrogen-bond donors (Lipinski definition) is 1. The molecule has 0 aliphatic heterocycles. The summed E-state index contributed by atoms with van der Waals surface area (Å²) in [5.74, 6) is 0.619. The number of anilines is 1. The summed E-state index contributed by atoms with van der Waals surface area (Å²) in [6.07, 6.45) is 3.15. The lowest BCUT2D eigenvalue weighted by Crippen LogP contribution is -2.15. The van der Waals surface area contributed by atoms with E-state index in [2.05, 4.69) is 10.3 Å². The highest BCUT2D eigenvalue weighted by Crippen LogP contribution is 2.29. The molecule has 8 heteroatoms. The monoisotopic (exact) mass is 435 g/mol. The Balaban J connectivity index is 1.50. The quantitative estimate of drug-likeness (QED) is 0.451. The highest BCUT2D eigenvalue weighted by Gasteiger charge is 2.11. The second-order valence-electron chi connectivity index (χ2n) is 6.75. The van der Waals surface area contributed by atoms with Gasteiger partial charge in [0.25, 0.3) is 5.56 Å². The van der Waals surface area contributed by atoms with Crippen LogP contribution in [0.3, 0.4) is 0 Å². The lowest BCUT2D eigenvalue weighted by atomic mass is 10.2. The van der Waals surface area contributed by atoms with E-state index in [-0.39, 0.29) is 18.1 Å². The molecule has 0 atom stereocenters. The number of hydrogen-bond acceptors (Lipinski definition) is 5. The predicted octanol–water partition coefficient (Wildman–Crippen LogP) is 4.48. The fraction of sp³-hybridized carbons (Fsp3) is 0.0870. The Kier molecular flexibility index (Phi) is 5.86. The molecule has 0 aliphatic carbocycles. The predicted molar refractivity (Wildman–Crippen MR) is 118 cm³/mol. The molecule has 7 nitrogen and oxygen atoms in total. The molecule has 0 unspecified atom stereocenters. The number of halogens is 1. The summed E-state index contributed by atoms with van der Waals surface area (Å²) in [4.78, 5) is 28.9. The lowest BCUT2D eigenvalue weighted by molar-refractivity contribution is -0.111. The Morgan fingerprint density at radius 3 is 2.81 bits per heavy atom. The summed E-state index contributed by atoms with van der Waals surface area (Å²) in [7, 11) is 0. The van der Waals surface area contributed by atoms with Gasteiger partial charge in [-0.2, -0.15) is 0 Å². The third kappa shape index (κ3) is 5.02. The van der Waals surface area contributed by atoms with Crippen LogP contribution in [0.1, 0.15) is 17.0 Å². The number of aromatic nitrogens is 2. The maximum Gasteiger partial charge on any atom is 0.287 e. The molecule has 1 amide bonds. The van der Waals surface area contributed by atoms with Crippen LogP contribution in [0, 0.1) is 6.92 Å². The van der Waals surface area contributed by atoms with Crippen LogP contribution in [0.15, 0.2) is 76.1 Å². The van der Waals surface area contributed by atoms with Gasteiger partial charge in [-0.05, 0) is 30.7 Å². The molecule has 4 aromatic rings. The first kappa shape index (κ1) is 20.4. The number of amides is 1. The molecule has 0 aliphatic rings. The van der Waals surface area contributed by atoms with E-state index >= 15 is 0 Å². The van der Waals surface area contributed by atoms with Crippen molar-refractivity contribution in [2.24, 2.45) is 0 Å². The van der Waals surface area contributed by atoms with Crippen LogP contribution in [0.4, 0.5) is 5.69 Å². The van der Waals surface area contributed by atoms with Crippen LogP contribution in [0.5, 0.6) is 5.75 Å². The van der Waals surface area contributed by atoms with E-state index in [1.165, 1.54) is 12.1 Å². The van der Waals surface area contributed by atoms with Crippen LogP contribution < -0.4 is 15.6 Å². The first-order valence-corrected chi connectivity index (χ1v) is 9.82. The number of rotatable bonds is 6. The van der Waals surface area contributed by atoms with Gasteiger partial charge < -0.3 is 14.6 Å². The molecule has 2 aromatic heterocycles. The number of carbonyl (C=O) groups excluding carboxylic acids is 1. The molecule has 2 aromatic carbocycles. The van der Waals surface area contributed by atoms with Crippen molar-refractivity contribution in [1.82, 2.24) is 9.56 Å². The van der Waals surface area contributed by atoms with Gasteiger partial charge in [0.05, 0.1) is 11.4 Å². The van der Waals surface area contributed by atoms with Gasteiger partial charge >= 0.3 is 0 Å². The molecule has 1 N–H and O–H groups in total. The van der Waals surface area contributed by atoms with E-state index in [1.54, 1.807) is 37.3 Å². The number of nitrogens with zero attached hydrogens (tertiary/aromatic N) is 2. The van der Waals surface area contributed by atoms with Crippen LogP contribution in [0.2, 0.25) is 5.02 Å². The van der Waals surface area contributed by atoms with Crippen molar-refractivity contribution >= 4 is 34.9 Å². The fourth-order valence-electron chi connectivity index (χ4n) is 2.93. The summed E-state index contributed by atoms with van der Waals surface area (Å²) >= 11 is 6.09. The van der Waals surface area contributed by atoms with E-state index in [9.17, 15) is 9.59 Å². The first-order valence-electron chi connectivity index (χ1n) is 9.44. The summed E-state index contributed by atoms with van der Waals surface area (Å²) in [6, 6.07) is 17.4. The highest BCUT2D eigenvalue weighted by molar-refractivity contribution is 6.30. The van der Waals surface area contributed by atoms with Crippen LogP contribution in [0.25, 0.3) is 11.7 Å². The van der Waals surface area contributed by atoms with E-state index in [0.29, 0.717) is 33.6 Å². The first-order chi connectivity index (χ1) is 15.0. The smallest absolute Gasteiger partial charge is 0.287 e. The maximum atomic E-state index is 12.3. The molecule has 156 valence electrons. The van der Waals surface area contributed by atoms with Gasteiger partial charge in [0, 0.05) is 29.3 Å². The SMILES string of the molecule is Cc1cc2nc(COc3cc(Cl)ccc3NC(=O)/C=C/c3ccccc3)cc(=O)n2o1. The molecule has 31 heavy (non-hydrogen) atoms. The van der Waals surface area contributed by atoms with Crippen molar-refractivity contribution in [2.45, 2.75) is 13.5 Å². The third-order valence-corrected chi connectivity index (χ3v) is 4.56. The molecule has 0 saturated heterocycles. The van der Waals surface area contributed by atoms with Gasteiger partial charge in [0.15, 0.2) is 5.65 Å². The molecule has 0 spiro atoms. The average Bonchev–Trinajstić information content (AvgIpc) is 3.14.